The smallest absolute Gasteiger partial charge is 0.266 e. The summed E-state index contributed by atoms with van der Waals surface area (Å²) in [5.41, 5.74) is 4.80. The van der Waals surface area contributed by atoms with Crippen molar-refractivity contribution in [1.82, 2.24) is 0 Å². The summed E-state index contributed by atoms with van der Waals surface area (Å²) in [5, 5.41) is 12.4. The number of ether oxygens (including phenoxy) is 1. The number of methoxy groups -OCH3 is 1. The average Bonchev–Trinajstić information content (AvgIpc) is 2.80. The van der Waals surface area contributed by atoms with E-state index in [1.165, 1.54) is 5.56 Å². The Labute approximate surface area is 210 Å². The molecule has 0 heterocycles. The van der Waals surface area contributed by atoms with Crippen molar-refractivity contribution in [2.75, 3.05) is 12.4 Å². The van der Waals surface area contributed by atoms with Gasteiger partial charge in [0.1, 0.15) is 17.4 Å². The van der Waals surface area contributed by atoms with Crippen molar-refractivity contribution in [1.29, 1.82) is 5.26 Å². The van der Waals surface area contributed by atoms with Crippen LogP contribution in [0.15, 0.2) is 70.7 Å². The molecule has 0 atom stereocenters. The highest BCUT2D eigenvalue weighted by atomic mass is 127. The van der Waals surface area contributed by atoms with Gasteiger partial charge in [-0.05, 0) is 82.1 Å². The van der Waals surface area contributed by atoms with Crippen molar-refractivity contribution >= 4 is 56.2 Å². The van der Waals surface area contributed by atoms with Crippen molar-refractivity contribution in [2.24, 2.45) is 0 Å². The van der Waals surface area contributed by atoms with Gasteiger partial charge < -0.3 is 10.1 Å². The Bertz CT molecular complexity index is 1200. The van der Waals surface area contributed by atoms with Crippen LogP contribution in [0.3, 0.4) is 0 Å². The maximum absolute atomic E-state index is 12.6. The Morgan fingerprint density at radius 2 is 1.91 bits per heavy atom. The van der Waals surface area contributed by atoms with Gasteiger partial charge in [-0.15, -0.1) is 0 Å². The molecule has 6 heteroatoms. The molecular weight excluding hydrogens is 579 g/mol. The summed E-state index contributed by atoms with van der Waals surface area (Å²) >= 11 is 5.87. The van der Waals surface area contributed by atoms with E-state index in [9.17, 15) is 10.1 Å². The van der Waals surface area contributed by atoms with E-state index in [2.05, 4.69) is 56.8 Å². The second kappa shape index (κ2) is 11.3. The molecule has 1 amide bonds. The third-order valence-corrected chi connectivity index (χ3v) is 6.75. The number of carbonyl (C=O) groups excluding carboxylic acids is 1. The number of hydrogen-bond donors (Lipinski definition) is 1. The van der Waals surface area contributed by atoms with Crippen LogP contribution in [0.4, 0.5) is 5.69 Å². The SMILES string of the molecule is CCc1ccc(NC(=O)/C(C#N)=C/c2cc(I)c(Cc3ccccc3Br)c(OC)c2)cc1. The van der Waals surface area contributed by atoms with E-state index in [1.807, 2.05) is 60.7 Å². The molecule has 0 spiro atoms. The molecule has 0 saturated carbocycles. The van der Waals surface area contributed by atoms with Crippen LogP contribution in [-0.4, -0.2) is 13.0 Å². The van der Waals surface area contributed by atoms with Crippen LogP contribution < -0.4 is 10.1 Å². The van der Waals surface area contributed by atoms with E-state index in [1.54, 1.807) is 13.2 Å². The molecule has 0 unspecified atom stereocenters. The van der Waals surface area contributed by atoms with Gasteiger partial charge in [0.05, 0.1) is 7.11 Å². The van der Waals surface area contributed by atoms with Crippen LogP contribution in [0.5, 0.6) is 5.75 Å². The van der Waals surface area contributed by atoms with Gasteiger partial charge in [0.2, 0.25) is 0 Å². The predicted octanol–water partition coefficient (Wildman–Crippen LogP) is 6.76. The van der Waals surface area contributed by atoms with E-state index in [0.717, 1.165) is 31.2 Å². The van der Waals surface area contributed by atoms with Crippen LogP contribution in [0.2, 0.25) is 0 Å². The number of rotatable bonds is 7. The number of carbonyl (C=O) groups is 1. The minimum absolute atomic E-state index is 0.0287. The van der Waals surface area contributed by atoms with Gasteiger partial charge in [0, 0.05) is 25.7 Å². The zero-order chi connectivity index (χ0) is 23.1. The summed E-state index contributed by atoms with van der Waals surface area (Å²) < 4.78 is 7.68. The van der Waals surface area contributed by atoms with E-state index >= 15 is 0 Å². The number of anilines is 1. The topological polar surface area (TPSA) is 62.1 Å². The third-order valence-electron chi connectivity index (χ3n) is 5.02. The Kier molecular flexibility index (Phi) is 8.48. The van der Waals surface area contributed by atoms with Gasteiger partial charge >= 0.3 is 0 Å². The minimum Gasteiger partial charge on any atom is -0.496 e. The van der Waals surface area contributed by atoms with Crippen molar-refractivity contribution in [3.8, 4) is 11.8 Å². The van der Waals surface area contributed by atoms with Crippen LogP contribution >= 0.6 is 38.5 Å². The lowest BCUT2D eigenvalue weighted by Crippen LogP contribution is -2.13. The largest absolute Gasteiger partial charge is 0.496 e. The zero-order valence-electron chi connectivity index (χ0n) is 17.8. The molecule has 0 radical (unpaired) electrons. The first-order valence-corrected chi connectivity index (χ1v) is 11.9. The zero-order valence-corrected chi connectivity index (χ0v) is 21.5. The first-order valence-electron chi connectivity index (χ1n) is 10.1. The highest BCUT2D eigenvalue weighted by Crippen LogP contribution is 2.31. The second-order valence-corrected chi connectivity index (χ2v) is 9.14. The van der Waals surface area contributed by atoms with Crippen LogP contribution in [0.1, 0.15) is 29.2 Å². The minimum atomic E-state index is -0.442. The summed E-state index contributed by atoms with van der Waals surface area (Å²) in [7, 11) is 1.63. The normalized spacial score (nSPS) is 11.0. The molecule has 3 rings (SSSR count). The summed E-state index contributed by atoms with van der Waals surface area (Å²) in [5.74, 6) is 0.273. The molecule has 0 saturated heterocycles. The predicted molar refractivity (Wildman–Crippen MR) is 141 cm³/mol. The summed E-state index contributed by atoms with van der Waals surface area (Å²) in [6, 6.07) is 21.5. The number of nitrogens with one attached hydrogen (secondary N) is 1. The molecule has 3 aromatic rings. The summed E-state index contributed by atoms with van der Waals surface area (Å²) in [4.78, 5) is 12.6. The van der Waals surface area contributed by atoms with Crippen LogP contribution in [0, 0.1) is 14.9 Å². The van der Waals surface area contributed by atoms with Gasteiger partial charge in [-0.3, -0.25) is 4.79 Å². The number of amides is 1. The van der Waals surface area contributed by atoms with Gasteiger partial charge in [0.15, 0.2) is 0 Å². The summed E-state index contributed by atoms with van der Waals surface area (Å²) in [6.45, 7) is 2.07. The number of halogens is 2. The lowest BCUT2D eigenvalue weighted by molar-refractivity contribution is -0.112. The fraction of sp³-hybridized carbons (Fsp3) is 0.154. The van der Waals surface area contributed by atoms with Crippen molar-refractivity contribution in [3.63, 3.8) is 0 Å². The molecule has 0 aromatic heterocycles. The third kappa shape index (κ3) is 5.99. The average molecular weight is 601 g/mol. The van der Waals surface area contributed by atoms with Crippen molar-refractivity contribution in [3.05, 3.63) is 96.5 Å². The van der Waals surface area contributed by atoms with E-state index in [-0.39, 0.29) is 5.57 Å². The Balaban J connectivity index is 1.87. The quantitative estimate of drug-likeness (QED) is 0.185. The fourth-order valence-electron chi connectivity index (χ4n) is 3.24. The number of nitrogens with zero attached hydrogens (tertiary/aromatic N) is 1. The lowest BCUT2D eigenvalue weighted by Gasteiger charge is -2.13. The molecule has 4 nitrogen and oxygen atoms in total. The Hall–Kier alpha value is -2.63. The van der Waals surface area contributed by atoms with E-state index < -0.39 is 5.91 Å². The molecule has 0 aliphatic rings. The molecule has 0 aliphatic heterocycles. The maximum Gasteiger partial charge on any atom is 0.266 e. The van der Waals surface area contributed by atoms with Crippen molar-refractivity contribution in [2.45, 2.75) is 19.8 Å². The van der Waals surface area contributed by atoms with E-state index in [0.29, 0.717) is 17.9 Å². The van der Waals surface area contributed by atoms with Crippen LogP contribution in [0.25, 0.3) is 6.08 Å². The highest BCUT2D eigenvalue weighted by molar-refractivity contribution is 14.1. The number of benzene rings is 3. The molecule has 0 bridgehead atoms. The number of hydrogen-bond acceptors (Lipinski definition) is 3. The second-order valence-electron chi connectivity index (χ2n) is 7.13. The lowest BCUT2D eigenvalue weighted by atomic mass is 10.0. The van der Waals surface area contributed by atoms with Gasteiger partial charge in [-0.1, -0.05) is 53.2 Å². The maximum atomic E-state index is 12.6. The number of nitriles is 1. The molecule has 3 aromatic carbocycles. The molecular formula is C26H22BrIN2O2. The van der Waals surface area contributed by atoms with Gasteiger partial charge in [-0.25, -0.2) is 0 Å². The van der Waals surface area contributed by atoms with Crippen molar-refractivity contribution < 1.29 is 9.53 Å². The molecule has 0 fully saturated rings. The van der Waals surface area contributed by atoms with Crippen LogP contribution in [-0.2, 0) is 17.6 Å². The standard InChI is InChI=1S/C26H22BrIN2O2/c1-3-17-8-10-21(11-9-17)30-26(31)20(16-29)12-18-13-24(28)22(25(14-18)32-2)15-19-6-4-5-7-23(19)27/h4-14H,3,15H2,1-2H3,(H,30,31)/b20-12+. The Morgan fingerprint density at radius 1 is 1.19 bits per heavy atom. The van der Waals surface area contributed by atoms with E-state index in [4.69, 9.17) is 4.74 Å². The molecule has 32 heavy (non-hydrogen) atoms. The summed E-state index contributed by atoms with van der Waals surface area (Å²) in [6.07, 6.45) is 3.21. The van der Waals surface area contributed by atoms with Gasteiger partial charge in [0.25, 0.3) is 5.91 Å². The van der Waals surface area contributed by atoms with Gasteiger partial charge in [-0.2, -0.15) is 5.26 Å². The molecule has 162 valence electrons. The molecule has 0 aliphatic carbocycles. The number of aryl methyl sites for hydroxylation is 1. The highest BCUT2D eigenvalue weighted by Gasteiger charge is 2.14. The monoisotopic (exact) mass is 600 g/mol. The fourth-order valence-corrected chi connectivity index (χ4v) is 4.48. The Morgan fingerprint density at radius 3 is 2.53 bits per heavy atom. The molecule has 1 N–H and O–H groups in total. The first kappa shape index (κ1) is 24.0. The first-order chi connectivity index (χ1) is 15.4.